The number of carbonyl (C=O) groups excluding carboxylic acids is 2. The highest BCUT2D eigenvalue weighted by Gasteiger charge is 2.21. The summed E-state index contributed by atoms with van der Waals surface area (Å²) in [7, 11) is 0. The van der Waals surface area contributed by atoms with Crippen molar-refractivity contribution in [3.05, 3.63) is 58.3 Å². The molecule has 5 heteroatoms. The molecule has 0 aliphatic carbocycles. The molecule has 1 amide bonds. The highest BCUT2D eigenvalue weighted by molar-refractivity contribution is 9.10. The van der Waals surface area contributed by atoms with Gasteiger partial charge in [0.05, 0.1) is 0 Å². The molecule has 1 aliphatic heterocycles. The third-order valence-corrected chi connectivity index (χ3v) is 3.92. The van der Waals surface area contributed by atoms with Crippen molar-refractivity contribution in [3.63, 3.8) is 0 Å². The van der Waals surface area contributed by atoms with Crippen LogP contribution in [0.1, 0.15) is 28.8 Å². The topological polar surface area (TPSA) is 50.3 Å². The minimum atomic E-state index is -0.0805. The molecule has 0 atom stereocenters. The summed E-state index contributed by atoms with van der Waals surface area (Å²) < 4.78 is 0.771. The summed E-state index contributed by atoms with van der Waals surface area (Å²) in [5.74, 6) is 0.0633. The van der Waals surface area contributed by atoms with Gasteiger partial charge in [0.15, 0.2) is 5.78 Å². The predicted octanol–water partition coefficient (Wildman–Crippen LogP) is 3.20. The molecule has 3 rings (SSSR count). The van der Waals surface area contributed by atoms with Gasteiger partial charge >= 0.3 is 0 Å². The van der Waals surface area contributed by atoms with E-state index in [1.54, 1.807) is 35.5 Å². The highest BCUT2D eigenvalue weighted by Crippen LogP contribution is 2.22. The van der Waals surface area contributed by atoms with Crippen LogP contribution < -0.4 is 4.90 Å². The lowest BCUT2D eigenvalue weighted by atomic mass is 10.0. The first-order valence-electron chi connectivity index (χ1n) is 6.71. The summed E-state index contributed by atoms with van der Waals surface area (Å²) in [4.78, 5) is 29.8. The molecular weight excluding hydrogens is 332 g/mol. The second kappa shape index (κ2) is 5.77. The maximum absolute atomic E-state index is 12.4. The summed E-state index contributed by atoms with van der Waals surface area (Å²) in [5, 5.41) is 0. The number of nitrogens with zero attached hydrogens (tertiary/aromatic N) is 2. The monoisotopic (exact) mass is 344 g/mol. The van der Waals surface area contributed by atoms with Crippen molar-refractivity contribution >= 4 is 33.3 Å². The van der Waals surface area contributed by atoms with Gasteiger partial charge in [0.25, 0.3) is 0 Å². The Morgan fingerprint density at radius 2 is 1.90 bits per heavy atom. The van der Waals surface area contributed by atoms with Gasteiger partial charge in [0.2, 0.25) is 5.91 Å². The van der Waals surface area contributed by atoms with Crippen LogP contribution in [-0.4, -0.2) is 23.2 Å². The average Bonchev–Trinajstić information content (AvgIpc) is 2.93. The standard InChI is InChI=1S/C16H13BrN2O2/c17-13-8-12(9-18-10-13)16(21)11-3-5-14(6-4-11)19-7-1-2-15(19)20/h3-6,8-10H,1-2,7H2. The number of benzene rings is 1. The van der Waals surface area contributed by atoms with E-state index in [0.29, 0.717) is 17.5 Å². The van der Waals surface area contributed by atoms with Gasteiger partial charge in [-0.3, -0.25) is 14.6 Å². The lowest BCUT2D eigenvalue weighted by molar-refractivity contribution is -0.117. The minimum Gasteiger partial charge on any atom is -0.312 e. The van der Waals surface area contributed by atoms with Crippen LogP contribution >= 0.6 is 15.9 Å². The molecule has 1 saturated heterocycles. The first-order valence-corrected chi connectivity index (χ1v) is 7.50. The summed E-state index contributed by atoms with van der Waals surface area (Å²) in [5.41, 5.74) is 1.97. The molecule has 1 aromatic carbocycles. The number of anilines is 1. The molecule has 1 aromatic heterocycles. The van der Waals surface area contributed by atoms with Crippen LogP contribution in [0.25, 0.3) is 0 Å². The lowest BCUT2D eigenvalue weighted by Gasteiger charge is -2.15. The summed E-state index contributed by atoms with van der Waals surface area (Å²) in [6.07, 6.45) is 4.68. The molecule has 0 spiro atoms. The van der Waals surface area contributed by atoms with E-state index in [1.165, 1.54) is 0 Å². The van der Waals surface area contributed by atoms with E-state index in [-0.39, 0.29) is 11.7 Å². The second-order valence-electron chi connectivity index (χ2n) is 4.92. The Labute approximate surface area is 130 Å². The van der Waals surface area contributed by atoms with Crippen LogP contribution in [0.2, 0.25) is 0 Å². The number of amides is 1. The van der Waals surface area contributed by atoms with Gasteiger partial charge in [-0.1, -0.05) is 0 Å². The maximum atomic E-state index is 12.4. The Morgan fingerprint density at radius 1 is 1.14 bits per heavy atom. The van der Waals surface area contributed by atoms with E-state index in [1.807, 2.05) is 12.1 Å². The van der Waals surface area contributed by atoms with Crippen LogP contribution in [0, 0.1) is 0 Å². The molecule has 0 N–H and O–H groups in total. The number of rotatable bonds is 3. The van der Waals surface area contributed by atoms with Gasteiger partial charge in [-0.25, -0.2) is 0 Å². The molecule has 21 heavy (non-hydrogen) atoms. The Balaban J connectivity index is 1.84. The van der Waals surface area contributed by atoms with Gasteiger partial charge in [-0.2, -0.15) is 0 Å². The minimum absolute atomic E-state index is 0.0805. The third-order valence-electron chi connectivity index (χ3n) is 3.48. The van der Waals surface area contributed by atoms with Gasteiger partial charge in [0, 0.05) is 46.6 Å². The van der Waals surface area contributed by atoms with E-state index in [4.69, 9.17) is 0 Å². The Morgan fingerprint density at radius 3 is 2.52 bits per heavy atom. The van der Waals surface area contributed by atoms with Crippen LogP contribution in [0.5, 0.6) is 0 Å². The molecule has 0 bridgehead atoms. The Hall–Kier alpha value is -2.01. The fraction of sp³-hybridized carbons (Fsp3) is 0.188. The van der Waals surface area contributed by atoms with Crippen molar-refractivity contribution in [2.75, 3.05) is 11.4 Å². The van der Waals surface area contributed by atoms with E-state index in [9.17, 15) is 9.59 Å². The van der Waals surface area contributed by atoms with Gasteiger partial charge in [-0.15, -0.1) is 0 Å². The fourth-order valence-electron chi connectivity index (χ4n) is 2.42. The van der Waals surface area contributed by atoms with E-state index < -0.39 is 0 Å². The predicted molar refractivity (Wildman–Crippen MR) is 83.4 cm³/mol. The zero-order valence-corrected chi connectivity index (χ0v) is 12.8. The maximum Gasteiger partial charge on any atom is 0.227 e. The van der Waals surface area contributed by atoms with Crippen molar-refractivity contribution in [1.82, 2.24) is 4.98 Å². The zero-order valence-electron chi connectivity index (χ0n) is 11.3. The second-order valence-corrected chi connectivity index (χ2v) is 5.83. The lowest BCUT2D eigenvalue weighted by Crippen LogP contribution is -2.23. The number of hydrogen-bond acceptors (Lipinski definition) is 3. The van der Waals surface area contributed by atoms with Gasteiger partial charge in [0.1, 0.15) is 0 Å². The van der Waals surface area contributed by atoms with Crippen LogP contribution in [0.4, 0.5) is 5.69 Å². The molecule has 1 aliphatic rings. The molecule has 2 aromatic rings. The summed E-state index contributed by atoms with van der Waals surface area (Å²) in [6, 6.07) is 8.89. The molecule has 0 saturated carbocycles. The normalized spacial score (nSPS) is 14.5. The number of hydrogen-bond donors (Lipinski definition) is 0. The van der Waals surface area contributed by atoms with Gasteiger partial charge in [-0.05, 0) is 52.7 Å². The molecule has 4 nitrogen and oxygen atoms in total. The smallest absolute Gasteiger partial charge is 0.227 e. The number of ketones is 1. The highest BCUT2D eigenvalue weighted by atomic mass is 79.9. The van der Waals surface area contributed by atoms with E-state index in [0.717, 1.165) is 23.1 Å². The quantitative estimate of drug-likeness (QED) is 0.803. The van der Waals surface area contributed by atoms with E-state index in [2.05, 4.69) is 20.9 Å². The summed E-state index contributed by atoms with van der Waals surface area (Å²) >= 11 is 3.31. The molecule has 2 heterocycles. The largest absolute Gasteiger partial charge is 0.312 e. The molecule has 0 radical (unpaired) electrons. The van der Waals surface area contributed by atoms with Crippen molar-refractivity contribution in [3.8, 4) is 0 Å². The van der Waals surface area contributed by atoms with Crippen molar-refractivity contribution in [2.24, 2.45) is 0 Å². The van der Waals surface area contributed by atoms with E-state index >= 15 is 0 Å². The molecule has 0 unspecified atom stereocenters. The van der Waals surface area contributed by atoms with Crippen LogP contribution in [-0.2, 0) is 4.79 Å². The molecular formula is C16H13BrN2O2. The Kier molecular flexibility index (Phi) is 3.84. The number of carbonyl (C=O) groups is 2. The van der Waals surface area contributed by atoms with Gasteiger partial charge < -0.3 is 4.90 Å². The zero-order chi connectivity index (χ0) is 14.8. The molecule has 1 fully saturated rings. The fourth-order valence-corrected chi connectivity index (χ4v) is 2.78. The van der Waals surface area contributed by atoms with Crippen molar-refractivity contribution < 1.29 is 9.59 Å². The Bertz CT molecular complexity index is 698. The SMILES string of the molecule is O=C(c1ccc(N2CCCC2=O)cc1)c1cncc(Br)c1. The average molecular weight is 345 g/mol. The number of aromatic nitrogens is 1. The van der Waals surface area contributed by atoms with Crippen molar-refractivity contribution in [1.29, 1.82) is 0 Å². The van der Waals surface area contributed by atoms with Crippen LogP contribution in [0.3, 0.4) is 0 Å². The first-order chi connectivity index (χ1) is 10.1. The third kappa shape index (κ3) is 2.88. The number of pyridine rings is 1. The number of halogens is 1. The van der Waals surface area contributed by atoms with Crippen LogP contribution in [0.15, 0.2) is 47.2 Å². The first kappa shape index (κ1) is 13.9. The molecule has 106 valence electrons. The summed E-state index contributed by atoms with van der Waals surface area (Å²) in [6.45, 7) is 0.752. The van der Waals surface area contributed by atoms with Crippen molar-refractivity contribution in [2.45, 2.75) is 12.8 Å².